The zero-order valence-electron chi connectivity index (χ0n) is 13.6. The van der Waals surface area contributed by atoms with Crippen LogP contribution in [0.15, 0.2) is 12.1 Å². The molecular formula is C18H24O4. The lowest BCUT2D eigenvalue weighted by Gasteiger charge is -2.29. The maximum atomic E-state index is 12.3. The summed E-state index contributed by atoms with van der Waals surface area (Å²) < 4.78 is 5.09. The van der Waals surface area contributed by atoms with Gasteiger partial charge in [0.15, 0.2) is 12.2 Å². The maximum Gasteiger partial charge on any atom is 0.338 e. The van der Waals surface area contributed by atoms with Gasteiger partial charge in [0.25, 0.3) is 0 Å². The van der Waals surface area contributed by atoms with Gasteiger partial charge >= 0.3 is 5.97 Å². The van der Waals surface area contributed by atoms with Crippen LogP contribution in [0.1, 0.15) is 59.2 Å². The van der Waals surface area contributed by atoms with Crippen molar-refractivity contribution in [1.29, 1.82) is 0 Å². The second kappa shape index (κ2) is 6.61. The first-order chi connectivity index (χ1) is 10.3. The summed E-state index contributed by atoms with van der Waals surface area (Å²) in [5.74, 6) is -0.893. The minimum atomic E-state index is -1.41. The second-order valence-electron chi connectivity index (χ2n) is 6.34. The summed E-state index contributed by atoms with van der Waals surface area (Å²) in [7, 11) is 0. The van der Waals surface area contributed by atoms with E-state index in [1.165, 1.54) is 0 Å². The van der Waals surface area contributed by atoms with Crippen LogP contribution >= 0.6 is 0 Å². The van der Waals surface area contributed by atoms with Gasteiger partial charge in [0.2, 0.25) is 5.78 Å². The van der Waals surface area contributed by atoms with Crippen molar-refractivity contribution in [3.05, 3.63) is 34.4 Å². The van der Waals surface area contributed by atoms with E-state index in [2.05, 4.69) is 0 Å². The molecule has 0 aromatic heterocycles. The van der Waals surface area contributed by atoms with Crippen molar-refractivity contribution in [2.75, 3.05) is 6.61 Å². The monoisotopic (exact) mass is 304 g/mol. The Balaban J connectivity index is 2.01. The van der Waals surface area contributed by atoms with Gasteiger partial charge in [0.1, 0.15) is 0 Å². The largest absolute Gasteiger partial charge is 0.455 e. The number of ketones is 1. The molecule has 0 atom stereocenters. The Morgan fingerprint density at radius 2 is 1.64 bits per heavy atom. The van der Waals surface area contributed by atoms with Crippen LogP contribution in [0, 0.1) is 20.8 Å². The number of carbonyl (C=O) groups excluding carboxylic acids is 2. The average Bonchev–Trinajstić information content (AvgIpc) is 2.48. The Morgan fingerprint density at radius 3 is 2.27 bits per heavy atom. The van der Waals surface area contributed by atoms with E-state index >= 15 is 0 Å². The molecule has 2 rings (SSSR count). The third-order valence-electron chi connectivity index (χ3n) is 4.54. The van der Waals surface area contributed by atoms with Crippen LogP contribution in [0.3, 0.4) is 0 Å². The summed E-state index contributed by atoms with van der Waals surface area (Å²) in [5.41, 5.74) is 2.21. The summed E-state index contributed by atoms with van der Waals surface area (Å²) in [6.07, 6.45) is 3.49. The molecule has 1 N–H and O–H groups in total. The molecule has 4 heteroatoms. The van der Waals surface area contributed by atoms with Gasteiger partial charge in [0, 0.05) is 5.56 Å². The topological polar surface area (TPSA) is 63.6 Å². The summed E-state index contributed by atoms with van der Waals surface area (Å²) >= 11 is 0. The van der Waals surface area contributed by atoms with Crippen molar-refractivity contribution in [2.24, 2.45) is 0 Å². The molecule has 4 nitrogen and oxygen atoms in total. The lowest BCUT2D eigenvalue weighted by Crippen LogP contribution is -2.42. The molecule has 22 heavy (non-hydrogen) atoms. The van der Waals surface area contributed by atoms with Crippen molar-refractivity contribution in [3.8, 4) is 0 Å². The summed E-state index contributed by atoms with van der Waals surface area (Å²) in [5, 5.41) is 10.3. The van der Waals surface area contributed by atoms with Gasteiger partial charge in [-0.05, 0) is 69.2 Å². The van der Waals surface area contributed by atoms with Gasteiger partial charge in [-0.3, -0.25) is 4.79 Å². The molecule has 0 aliphatic heterocycles. The van der Waals surface area contributed by atoms with Gasteiger partial charge in [-0.1, -0.05) is 12.5 Å². The summed E-state index contributed by atoms with van der Waals surface area (Å²) in [6, 6.07) is 3.79. The van der Waals surface area contributed by atoms with Crippen molar-refractivity contribution >= 4 is 11.8 Å². The average molecular weight is 304 g/mol. The van der Waals surface area contributed by atoms with Gasteiger partial charge in [-0.15, -0.1) is 0 Å². The number of carbonyl (C=O) groups is 2. The van der Waals surface area contributed by atoms with Crippen molar-refractivity contribution < 1.29 is 19.4 Å². The number of aliphatic hydroxyl groups is 1. The summed E-state index contributed by atoms with van der Waals surface area (Å²) in [6.45, 7) is 5.50. The first kappa shape index (κ1) is 16.7. The Bertz CT molecular complexity index is 583. The third kappa shape index (κ3) is 3.55. The molecule has 1 fully saturated rings. The van der Waals surface area contributed by atoms with Crippen molar-refractivity contribution in [1.82, 2.24) is 0 Å². The van der Waals surface area contributed by atoms with Crippen LogP contribution in [0.5, 0.6) is 0 Å². The maximum absolute atomic E-state index is 12.3. The van der Waals surface area contributed by atoms with Gasteiger partial charge in [0.05, 0.1) is 0 Å². The minimum absolute atomic E-state index is 0.228. The molecule has 0 heterocycles. The lowest BCUT2D eigenvalue weighted by atomic mass is 9.85. The van der Waals surface area contributed by atoms with Gasteiger partial charge < -0.3 is 9.84 Å². The van der Waals surface area contributed by atoms with E-state index in [0.29, 0.717) is 18.4 Å². The first-order valence-corrected chi connectivity index (χ1v) is 7.84. The fourth-order valence-electron chi connectivity index (χ4n) is 2.94. The second-order valence-corrected chi connectivity index (χ2v) is 6.34. The zero-order valence-corrected chi connectivity index (χ0v) is 13.6. The number of aryl methyl sites for hydroxylation is 3. The number of hydrogen-bond acceptors (Lipinski definition) is 4. The Labute approximate surface area is 131 Å². The molecule has 0 unspecified atom stereocenters. The summed E-state index contributed by atoms with van der Waals surface area (Å²) in [4.78, 5) is 24.3. The smallest absolute Gasteiger partial charge is 0.338 e. The highest BCUT2D eigenvalue weighted by atomic mass is 16.6. The number of Topliss-reactive ketones (excluding diaryl/α,β-unsaturated/α-hetero) is 1. The molecule has 0 saturated heterocycles. The molecular weight excluding hydrogens is 280 g/mol. The van der Waals surface area contributed by atoms with Crippen LogP contribution in [-0.2, 0) is 9.53 Å². The normalized spacial score (nSPS) is 17.1. The zero-order chi connectivity index (χ0) is 16.3. The Hall–Kier alpha value is -1.68. The SMILES string of the molecule is Cc1cc(C)c(C(=O)COC(=O)C2(O)CCCCC2)cc1C. The molecule has 0 amide bonds. The van der Waals surface area contributed by atoms with Crippen LogP contribution in [-0.4, -0.2) is 29.1 Å². The van der Waals surface area contributed by atoms with Crippen LogP contribution in [0.2, 0.25) is 0 Å². The molecule has 1 aromatic carbocycles. The minimum Gasteiger partial charge on any atom is -0.455 e. The van der Waals surface area contributed by atoms with E-state index in [1.54, 1.807) is 0 Å². The molecule has 1 aromatic rings. The van der Waals surface area contributed by atoms with E-state index in [-0.39, 0.29) is 12.4 Å². The molecule has 0 bridgehead atoms. The third-order valence-corrected chi connectivity index (χ3v) is 4.54. The number of benzene rings is 1. The Kier molecular flexibility index (Phi) is 5.01. The fourth-order valence-corrected chi connectivity index (χ4v) is 2.94. The quantitative estimate of drug-likeness (QED) is 0.686. The van der Waals surface area contributed by atoms with Crippen LogP contribution < -0.4 is 0 Å². The van der Waals surface area contributed by atoms with E-state index in [0.717, 1.165) is 36.0 Å². The highest BCUT2D eigenvalue weighted by Gasteiger charge is 2.38. The van der Waals surface area contributed by atoms with Gasteiger partial charge in [-0.25, -0.2) is 4.79 Å². The predicted octanol–water partition coefficient (Wildman–Crippen LogP) is 3.03. The van der Waals surface area contributed by atoms with Crippen LogP contribution in [0.25, 0.3) is 0 Å². The van der Waals surface area contributed by atoms with Crippen LogP contribution in [0.4, 0.5) is 0 Å². The van der Waals surface area contributed by atoms with E-state index in [1.807, 2.05) is 32.9 Å². The number of rotatable bonds is 4. The van der Waals surface area contributed by atoms with E-state index in [9.17, 15) is 14.7 Å². The van der Waals surface area contributed by atoms with E-state index in [4.69, 9.17) is 4.74 Å². The molecule has 1 saturated carbocycles. The van der Waals surface area contributed by atoms with Crippen molar-refractivity contribution in [2.45, 2.75) is 58.5 Å². The van der Waals surface area contributed by atoms with E-state index < -0.39 is 11.6 Å². The molecule has 1 aliphatic carbocycles. The Morgan fingerprint density at radius 1 is 1.05 bits per heavy atom. The highest BCUT2D eigenvalue weighted by molar-refractivity contribution is 5.99. The molecule has 120 valence electrons. The first-order valence-electron chi connectivity index (χ1n) is 7.84. The predicted molar refractivity (Wildman–Crippen MR) is 84.0 cm³/mol. The van der Waals surface area contributed by atoms with Crippen molar-refractivity contribution in [3.63, 3.8) is 0 Å². The standard InChI is InChI=1S/C18H24O4/c1-12-9-14(3)15(10-13(12)2)16(19)11-22-17(20)18(21)7-5-4-6-8-18/h9-10,21H,4-8,11H2,1-3H3. The fraction of sp³-hybridized carbons (Fsp3) is 0.556. The molecule has 1 aliphatic rings. The number of ether oxygens (including phenoxy) is 1. The molecule has 0 spiro atoms. The van der Waals surface area contributed by atoms with Gasteiger partial charge in [-0.2, -0.15) is 0 Å². The highest BCUT2D eigenvalue weighted by Crippen LogP contribution is 2.29. The number of hydrogen-bond donors (Lipinski definition) is 1. The molecule has 0 radical (unpaired) electrons. The number of esters is 1. The lowest BCUT2D eigenvalue weighted by molar-refractivity contribution is -0.167.